The van der Waals surface area contributed by atoms with Crippen LogP contribution in [0, 0.1) is 0 Å². The van der Waals surface area contributed by atoms with Gasteiger partial charge in [-0.05, 0) is 44.9 Å². The third kappa shape index (κ3) is 44.2. The number of aliphatic hydroxyl groups excluding tert-OH is 2. The number of amides is 1. The molecule has 3 N–H and O–H groups in total. The average Bonchev–Trinajstić information content (AvgIpc) is 3.26. The average molecular weight is 868 g/mol. The molecule has 0 fully saturated rings. The Bertz CT molecular complexity index is 1110. The molecule has 6 nitrogen and oxygen atoms in total. The Kier molecular flexibility index (Phi) is 47.6. The van der Waals surface area contributed by atoms with Crippen LogP contribution >= 0.6 is 0 Å². The first kappa shape index (κ1) is 59.6. The van der Waals surface area contributed by atoms with Crippen molar-refractivity contribution in [2.75, 3.05) is 6.61 Å². The summed E-state index contributed by atoms with van der Waals surface area (Å²) in [7, 11) is 0. The summed E-state index contributed by atoms with van der Waals surface area (Å²) < 4.78 is 5.91. The van der Waals surface area contributed by atoms with Crippen molar-refractivity contribution in [1.82, 2.24) is 5.32 Å². The van der Waals surface area contributed by atoms with E-state index in [0.29, 0.717) is 19.3 Å². The zero-order valence-electron chi connectivity index (χ0n) is 41.0. The monoisotopic (exact) mass is 868 g/mol. The molecule has 0 rings (SSSR count). The molecule has 0 spiro atoms. The molecule has 0 bridgehead atoms. The van der Waals surface area contributed by atoms with Gasteiger partial charge in [-0.2, -0.15) is 0 Å². The number of rotatable bonds is 47. The molecule has 0 aromatic heterocycles. The number of esters is 1. The van der Waals surface area contributed by atoms with E-state index in [1.807, 2.05) is 36.5 Å². The number of unbranched alkanes of at least 4 members (excludes halogenated alkanes) is 29. The van der Waals surface area contributed by atoms with E-state index in [-0.39, 0.29) is 24.9 Å². The molecule has 6 heteroatoms. The highest BCUT2D eigenvalue weighted by Crippen LogP contribution is 2.18. The molecule has 0 aromatic carbocycles. The summed E-state index contributed by atoms with van der Waals surface area (Å²) >= 11 is 0. The van der Waals surface area contributed by atoms with Crippen LogP contribution in [0.5, 0.6) is 0 Å². The predicted molar refractivity (Wildman–Crippen MR) is 268 cm³/mol. The molecule has 0 aliphatic heterocycles. The second kappa shape index (κ2) is 49.6. The van der Waals surface area contributed by atoms with Crippen LogP contribution in [-0.4, -0.2) is 46.9 Å². The van der Waals surface area contributed by atoms with Crippen molar-refractivity contribution in [1.29, 1.82) is 0 Å². The normalized spacial score (nSPS) is 13.7. The van der Waals surface area contributed by atoms with Crippen molar-refractivity contribution >= 4 is 11.9 Å². The summed E-state index contributed by atoms with van der Waals surface area (Å²) in [5, 5.41) is 23.8. The Morgan fingerprint density at radius 2 is 0.855 bits per heavy atom. The lowest BCUT2D eigenvalue weighted by atomic mass is 10.0. The van der Waals surface area contributed by atoms with Gasteiger partial charge in [0, 0.05) is 6.42 Å². The Morgan fingerprint density at radius 3 is 1.31 bits per heavy atom. The van der Waals surface area contributed by atoms with Gasteiger partial charge >= 0.3 is 5.97 Å². The van der Waals surface area contributed by atoms with Gasteiger partial charge in [0.2, 0.25) is 5.91 Å². The number of carbonyl (C=O) groups is 2. The van der Waals surface area contributed by atoms with Crippen LogP contribution in [0.4, 0.5) is 0 Å². The van der Waals surface area contributed by atoms with E-state index in [9.17, 15) is 19.8 Å². The minimum atomic E-state index is -0.800. The molecule has 0 aliphatic carbocycles. The maximum absolute atomic E-state index is 13.2. The molecule has 0 heterocycles. The van der Waals surface area contributed by atoms with Gasteiger partial charge in [-0.3, -0.25) is 9.59 Å². The maximum Gasteiger partial charge on any atom is 0.306 e. The molecule has 0 radical (unpaired) electrons. The minimum Gasteiger partial charge on any atom is -0.462 e. The molecule has 0 saturated heterocycles. The van der Waals surface area contributed by atoms with E-state index in [0.717, 1.165) is 70.6 Å². The Labute approximate surface area is 384 Å². The smallest absolute Gasteiger partial charge is 0.306 e. The van der Waals surface area contributed by atoms with E-state index in [4.69, 9.17) is 4.74 Å². The molecule has 0 aromatic rings. The Morgan fingerprint density at radius 1 is 0.468 bits per heavy atom. The lowest BCUT2D eigenvalue weighted by Gasteiger charge is -2.24. The van der Waals surface area contributed by atoms with Crippen LogP contribution in [0.2, 0.25) is 0 Å². The summed E-state index contributed by atoms with van der Waals surface area (Å²) in [6.45, 7) is 6.38. The topological polar surface area (TPSA) is 95.9 Å². The molecule has 1 amide bonds. The summed E-state index contributed by atoms with van der Waals surface area (Å²) in [4.78, 5) is 26.1. The van der Waals surface area contributed by atoms with E-state index in [2.05, 4.69) is 50.4 Å². The van der Waals surface area contributed by atoms with Gasteiger partial charge in [-0.15, -0.1) is 0 Å². The van der Waals surface area contributed by atoms with Crippen LogP contribution < -0.4 is 5.32 Å². The summed E-state index contributed by atoms with van der Waals surface area (Å²) in [6.07, 6.45) is 61.4. The van der Waals surface area contributed by atoms with Gasteiger partial charge in [-0.1, -0.05) is 261 Å². The van der Waals surface area contributed by atoms with Crippen molar-refractivity contribution in [3.63, 3.8) is 0 Å². The van der Waals surface area contributed by atoms with Gasteiger partial charge < -0.3 is 20.3 Å². The largest absolute Gasteiger partial charge is 0.462 e. The number of carbonyl (C=O) groups excluding carboxylic acids is 2. The molecule has 3 unspecified atom stereocenters. The molecular weight excluding hydrogens is 767 g/mol. The third-order valence-corrected chi connectivity index (χ3v) is 12.0. The fraction of sp³-hybridized carbons (Fsp3) is 0.786. The highest BCUT2D eigenvalue weighted by atomic mass is 16.5. The van der Waals surface area contributed by atoms with Crippen molar-refractivity contribution < 1.29 is 24.5 Å². The molecule has 0 saturated carbocycles. The van der Waals surface area contributed by atoms with Gasteiger partial charge in [0.1, 0.15) is 6.10 Å². The number of hydrogen-bond acceptors (Lipinski definition) is 5. The molecule has 62 heavy (non-hydrogen) atoms. The van der Waals surface area contributed by atoms with Crippen molar-refractivity contribution in [3.8, 4) is 0 Å². The van der Waals surface area contributed by atoms with Gasteiger partial charge in [0.15, 0.2) is 0 Å². The fourth-order valence-corrected chi connectivity index (χ4v) is 7.93. The van der Waals surface area contributed by atoms with Crippen LogP contribution in [0.3, 0.4) is 0 Å². The second-order valence-electron chi connectivity index (χ2n) is 18.1. The van der Waals surface area contributed by atoms with Gasteiger partial charge in [0.05, 0.1) is 25.2 Å². The van der Waals surface area contributed by atoms with Gasteiger partial charge in [0.25, 0.3) is 0 Å². The van der Waals surface area contributed by atoms with Crippen molar-refractivity contribution in [3.05, 3.63) is 60.8 Å². The van der Waals surface area contributed by atoms with E-state index >= 15 is 0 Å². The fourth-order valence-electron chi connectivity index (χ4n) is 7.93. The highest BCUT2D eigenvalue weighted by molar-refractivity contribution is 5.77. The van der Waals surface area contributed by atoms with E-state index in [1.54, 1.807) is 0 Å². The number of hydrogen-bond donors (Lipinski definition) is 3. The number of allylic oxidation sites excluding steroid dienone is 10. The molecule has 360 valence electrons. The number of aliphatic hydroxyl groups is 2. The van der Waals surface area contributed by atoms with Gasteiger partial charge in [-0.25, -0.2) is 0 Å². The predicted octanol–water partition coefficient (Wildman–Crippen LogP) is 16.0. The zero-order valence-corrected chi connectivity index (χ0v) is 41.0. The minimum absolute atomic E-state index is 0.0501. The van der Waals surface area contributed by atoms with Crippen LogP contribution in [-0.2, 0) is 14.3 Å². The summed E-state index contributed by atoms with van der Waals surface area (Å²) in [6, 6.07) is -0.716. The van der Waals surface area contributed by atoms with Crippen LogP contribution in [0.1, 0.15) is 258 Å². The Hall–Kier alpha value is -2.44. The quantitative estimate of drug-likeness (QED) is 0.0322. The number of nitrogens with one attached hydrogen (secondary N) is 1. The SMILES string of the molecule is CCC/C=C/C=C/C=C/C=C/C=C/CCCCCC(CC(=O)NC(CO)C(O)CCCCCCCCCCCCCCCCCCC)OC(=O)CCCCCCCCCCCC. The third-order valence-electron chi connectivity index (χ3n) is 12.0. The Balaban J connectivity index is 4.58. The van der Waals surface area contributed by atoms with E-state index in [1.165, 1.54) is 141 Å². The molecular formula is C56H101NO5. The summed E-state index contributed by atoms with van der Waals surface area (Å²) in [5.74, 6) is -0.512. The maximum atomic E-state index is 13.2. The van der Waals surface area contributed by atoms with E-state index < -0.39 is 18.2 Å². The lowest BCUT2D eigenvalue weighted by molar-refractivity contribution is -0.151. The molecule has 3 atom stereocenters. The second-order valence-corrected chi connectivity index (χ2v) is 18.1. The van der Waals surface area contributed by atoms with Crippen molar-refractivity contribution in [2.24, 2.45) is 0 Å². The summed E-state index contributed by atoms with van der Waals surface area (Å²) in [5.41, 5.74) is 0. The first-order valence-electron chi connectivity index (χ1n) is 26.6. The zero-order chi connectivity index (χ0) is 45.2. The van der Waals surface area contributed by atoms with Crippen LogP contribution in [0.25, 0.3) is 0 Å². The lowest BCUT2D eigenvalue weighted by Crippen LogP contribution is -2.46. The van der Waals surface area contributed by atoms with Crippen molar-refractivity contribution in [2.45, 2.75) is 277 Å². The standard InChI is InChI=1S/C56H101NO5/c1-4-7-10-13-16-19-22-24-26-28-30-32-34-36-39-42-45-48-54(59)53(51-58)57-55(60)50-52(62-56(61)49-46-43-40-37-21-18-15-12-9-6-3)47-44-41-38-35-33-31-29-27-25-23-20-17-14-11-8-5-2/h11,14,17,20,23,25,27,29,31,33,52-54,58-59H,4-10,12-13,15-16,18-19,21-22,24,26,28,30,32,34-51H2,1-3H3,(H,57,60)/b14-11+,20-17+,25-23+,29-27+,33-31+. The molecule has 0 aliphatic rings. The first-order chi connectivity index (χ1) is 30.5. The highest BCUT2D eigenvalue weighted by Gasteiger charge is 2.24. The number of ether oxygens (including phenoxy) is 1. The first-order valence-corrected chi connectivity index (χ1v) is 26.6. The van der Waals surface area contributed by atoms with Crippen LogP contribution in [0.15, 0.2) is 60.8 Å².